The Kier molecular flexibility index (Phi) is 3.69. The Balaban J connectivity index is 2.16. The molecule has 2 saturated carbocycles. The number of aliphatic hydroxyl groups is 3. The fourth-order valence-corrected chi connectivity index (χ4v) is 5.50. The molecule has 3 heteroatoms. The van der Waals surface area contributed by atoms with Gasteiger partial charge in [-0.3, -0.25) is 0 Å². The van der Waals surface area contributed by atoms with Crippen LogP contribution in [0.3, 0.4) is 0 Å². The Hall–Kier alpha value is -0.640. The van der Waals surface area contributed by atoms with Crippen molar-refractivity contribution in [3.63, 3.8) is 0 Å². The van der Waals surface area contributed by atoms with E-state index in [1.165, 1.54) is 0 Å². The van der Waals surface area contributed by atoms with E-state index < -0.39 is 22.7 Å². The molecule has 0 aromatic rings. The first-order valence-electron chi connectivity index (χ1n) is 9.03. The highest BCUT2D eigenvalue weighted by Gasteiger charge is 2.62. The highest BCUT2D eigenvalue weighted by Crippen LogP contribution is 2.63. The molecule has 3 rings (SSSR count). The van der Waals surface area contributed by atoms with Crippen LogP contribution >= 0.6 is 0 Å². The predicted octanol–water partition coefficient (Wildman–Crippen LogP) is 3.34. The maximum absolute atomic E-state index is 11.6. The van der Waals surface area contributed by atoms with Crippen molar-refractivity contribution in [2.75, 3.05) is 0 Å². The fraction of sp³-hybridized carbons (Fsp3) is 0.800. The third kappa shape index (κ3) is 2.06. The van der Waals surface area contributed by atoms with Gasteiger partial charge >= 0.3 is 0 Å². The van der Waals surface area contributed by atoms with Crippen LogP contribution in [-0.2, 0) is 0 Å². The third-order valence-corrected chi connectivity index (χ3v) is 7.46. The van der Waals surface area contributed by atoms with Gasteiger partial charge in [0.05, 0.1) is 17.3 Å². The van der Waals surface area contributed by atoms with Gasteiger partial charge in [-0.15, -0.1) is 0 Å². The van der Waals surface area contributed by atoms with E-state index in [0.717, 1.165) is 36.8 Å². The molecule has 0 saturated heterocycles. The van der Waals surface area contributed by atoms with Gasteiger partial charge in [0.1, 0.15) is 0 Å². The normalized spacial score (nSPS) is 50.3. The summed E-state index contributed by atoms with van der Waals surface area (Å²) in [5, 5.41) is 33.9. The van der Waals surface area contributed by atoms with Crippen molar-refractivity contribution in [2.24, 2.45) is 16.7 Å². The molecule has 0 aromatic carbocycles. The zero-order valence-electron chi connectivity index (χ0n) is 15.0. The number of fused-ring (bicyclic) bond motifs is 2. The SMILES string of the molecule is C=C1CCC[C@]2(C)[C@@H](O)C=C3[C@@](C)(CC[C@@]3(O)C(C)C)C[C@@]12O. The van der Waals surface area contributed by atoms with Crippen LogP contribution in [0.1, 0.15) is 66.2 Å². The van der Waals surface area contributed by atoms with Gasteiger partial charge in [-0.1, -0.05) is 40.3 Å². The summed E-state index contributed by atoms with van der Waals surface area (Å²) in [4.78, 5) is 0. The Morgan fingerprint density at radius 3 is 2.43 bits per heavy atom. The molecule has 0 aliphatic heterocycles. The summed E-state index contributed by atoms with van der Waals surface area (Å²) in [7, 11) is 0. The molecule has 3 nitrogen and oxygen atoms in total. The minimum absolute atomic E-state index is 0.0913. The van der Waals surface area contributed by atoms with Crippen LogP contribution in [0.4, 0.5) is 0 Å². The molecule has 0 bridgehead atoms. The van der Waals surface area contributed by atoms with Crippen LogP contribution in [-0.4, -0.2) is 32.6 Å². The molecular weight excluding hydrogens is 288 g/mol. The van der Waals surface area contributed by atoms with Gasteiger partial charge in [0.2, 0.25) is 0 Å². The molecule has 5 atom stereocenters. The smallest absolute Gasteiger partial charge is 0.0943 e. The Morgan fingerprint density at radius 1 is 1.17 bits per heavy atom. The standard InChI is InChI=1S/C20H32O3/c1-13(2)19(22)10-9-17(4)12-20(23)14(3)7-6-8-18(20,5)16(21)11-15(17)19/h11,13,16,21-23H,3,6-10,12H2,1-2,4-5H3/t16-,17-,18+,19+,20+/m0/s1. The van der Waals surface area contributed by atoms with Crippen molar-refractivity contribution in [3.05, 3.63) is 23.8 Å². The predicted molar refractivity (Wildman–Crippen MR) is 91.9 cm³/mol. The minimum Gasteiger partial charge on any atom is -0.388 e. The summed E-state index contributed by atoms with van der Waals surface area (Å²) in [6.07, 6.45) is 5.75. The van der Waals surface area contributed by atoms with Gasteiger partial charge < -0.3 is 15.3 Å². The zero-order valence-corrected chi connectivity index (χ0v) is 15.0. The monoisotopic (exact) mass is 320 g/mol. The first-order valence-corrected chi connectivity index (χ1v) is 9.03. The molecule has 3 aliphatic carbocycles. The third-order valence-electron chi connectivity index (χ3n) is 7.46. The Labute approximate surface area is 140 Å². The second-order valence-electron chi connectivity index (χ2n) is 9.08. The minimum atomic E-state index is -1.07. The van der Waals surface area contributed by atoms with Crippen LogP contribution in [0.5, 0.6) is 0 Å². The van der Waals surface area contributed by atoms with Crippen molar-refractivity contribution in [1.29, 1.82) is 0 Å². The molecule has 130 valence electrons. The first kappa shape index (κ1) is 17.2. The average Bonchev–Trinajstić information content (AvgIpc) is 2.67. The van der Waals surface area contributed by atoms with Crippen molar-refractivity contribution in [3.8, 4) is 0 Å². The molecule has 0 unspecified atom stereocenters. The van der Waals surface area contributed by atoms with Gasteiger partial charge in [0, 0.05) is 5.41 Å². The zero-order chi connectivity index (χ0) is 17.3. The van der Waals surface area contributed by atoms with Crippen molar-refractivity contribution >= 4 is 0 Å². The van der Waals surface area contributed by atoms with E-state index in [1.807, 2.05) is 26.8 Å². The van der Waals surface area contributed by atoms with Crippen molar-refractivity contribution in [1.82, 2.24) is 0 Å². The van der Waals surface area contributed by atoms with E-state index in [1.54, 1.807) is 0 Å². The number of hydrogen-bond acceptors (Lipinski definition) is 3. The average molecular weight is 320 g/mol. The van der Waals surface area contributed by atoms with Crippen LogP contribution in [0.15, 0.2) is 23.8 Å². The van der Waals surface area contributed by atoms with E-state index in [9.17, 15) is 15.3 Å². The lowest BCUT2D eigenvalue weighted by atomic mass is 9.56. The van der Waals surface area contributed by atoms with Crippen LogP contribution < -0.4 is 0 Å². The van der Waals surface area contributed by atoms with Gasteiger partial charge in [0.25, 0.3) is 0 Å². The Morgan fingerprint density at radius 2 is 1.83 bits per heavy atom. The first-order chi connectivity index (χ1) is 10.5. The number of hydrogen-bond donors (Lipinski definition) is 3. The van der Waals surface area contributed by atoms with Gasteiger partial charge in [-0.25, -0.2) is 0 Å². The molecule has 0 heterocycles. The molecular formula is C20H32O3. The van der Waals surface area contributed by atoms with E-state index >= 15 is 0 Å². The number of aliphatic hydroxyl groups excluding tert-OH is 1. The fourth-order valence-electron chi connectivity index (χ4n) is 5.50. The maximum atomic E-state index is 11.6. The molecule has 23 heavy (non-hydrogen) atoms. The summed E-state index contributed by atoms with van der Waals surface area (Å²) in [5.74, 6) is 0.0913. The highest BCUT2D eigenvalue weighted by atomic mass is 16.3. The van der Waals surface area contributed by atoms with E-state index in [2.05, 4.69) is 13.5 Å². The summed E-state index contributed by atoms with van der Waals surface area (Å²) in [6, 6.07) is 0. The van der Waals surface area contributed by atoms with E-state index in [4.69, 9.17) is 0 Å². The second kappa shape index (κ2) is 4.93. The lowest BCUT2D eigenvalue weighted by Crippen LogP contribution is -2.56. The molecule has 0 spiro atoms. The molecule has 0 amide bonds. The van der Waals surface area contributed by atoms with Gasteiger partial charge in [0.15, 0.2) is 0 Å². The van der Waals surface area contributed by atoms with Crippen molar-refractivity contribution in [2.45, 2.75) is 83.5 Å². The maximum Gasteiger partial charge on any atom is 0.0943 e. The lowest BCUT2D eigenvalue weighted by Gasteiger charge is -2.52. The van der Waals surface area contributed by atoms with Crippen LogP contribution in [0.25, 0.3) is 0 Å². The number of rotatable bonds is 1. The largest absolute Gasteiger partial charge is 0.388 e. The summed E-state index contributed by atoms with van der Waals surface area (Å²) >= 11 is 0. The van der Waals surface area contributed by atoms with Crippen molar-refractivity contribution < 1.29 is 15.3 Å². The molecule has 0 radical (unpaired) electrons. The highest BCUT2D eigenvalue weighted by molar-refractivity contribution is 5.39. The topological polar surface area (TPSA) is 60.7 Å². The van der Waals surface area contributed by atoms with Gasteiger partial charge in [-0.2, -0.15) is 0 Å². The van der Waals surface area contributed by atoms with E-state index in [0.29, 0.717) is 12.8 Å². The van der Waals surface area contributed by atoms with Gasteiger partial charge in [-0.05, 0) is 61.0 Å². The van der Waals surface area contributed by atoms with Crippen LogP contribution in [0, 0.1) is 16.7 Å². The summed E-state index contributed by atoms with van der Waals surface area (Å²) < 4.78 is 0. The second-order valence-corrected chi connectivity index (χ2v) is 9.08. The summed E-state index contributed by atoms with van der Waals surface area (Å²) in [6.45, 7) is 12.4. The molecule has 3 N–H and O–H groups in total. The molecule has 0 aromatic heterocycles. The quantitative estimate of drug-likeness (QED) is 0.649. The van der Waals surface area contributed by atoms with E-state index in [-0.39, 0.29) is 11.3 Å². The molecule has 3 aliphatic rings. The summed E-state index contributed by atoms with van der Waals surface area (Å²) in [5.41, 5.74) is -1.07. The van der Waals surface area contributed by atoms with Crippen LogP contribution in [0.2, 0.25) is 0 Å². The molecule has 2 fully saturated rings. The Bertz CT molecular complexity index is 565. The lowest BCUT2D eigenvalue weighted by molar-refractivity contribution is -0.126.